The van der Waals surface area contributed by atoms with E-state index in [1.807, 2.05) is 6.07 Å². The number of carbonyl (C=O) groups is 2. The monoisotopic (exact) mass is 209 g/mol. The second-order valence-electron chi connectivity index (χ2n) is 4.28. The highest BCUT2D eigenvalue weighted by Crippen LogP contribution is 2.64. The molecule has 0 aromatic carbocycles. The second kappa shape index (κ2) is 2.96. The van der Waals surface area contributed by atoms with Crippen LogP contribution in [0, 0.1) is 34.5 Å². The van der Waals surface area contributed by atoms with E-state index < -0.39 is 11.4 Å². The molecule has 2 rings (SSSR count). The van der Waals surface area contributed by atoms with Crippen LogP contribution in [0.3, 0.4) is 0 Å². The molecule has 0 aromatic rings. The van der Waals surface area contributed by atoms with Crippen molar-refractivity contribution in [2.45, 2.75) is 12.8 Å². The maximum atomic E-state index is 11.2. The standard InChI is InChI=1S/C10H11NO4/c1-15-8(12)7-5-2-10(4-11,9(13)14)3-6(5)7/h5-7H,2-3H2,1H3,(H,13,14). The van der Waals surface area contributed by atoms with E-state index in [2.05, 4.69) is 4.74 Å². The predicted molar refractivity (Wildman–Crippen MR) is 47.4 cm³/mol. The van der Waals surface area contributed by atoms with Crippen molar-refractivity contribution in [1.82, 2.24) is 0 Å². The highest BCUT2D eigenvalue weighted by Gasteiger charge is 2.67. The fourth-order valence-electron chi connectivity index (χ4n) is 2.69. The number of esters is 1. The molecule has 0 saturated heterocycles. The zero-order valence-corrected chi connectivity index (χ0v) is 8.27. The molecule has 0 spiro atoms. The van der Waals surface area contributed by atoms with Crippen LogP contribution in [0.5, 0.6) is 0 Å². The number of nitriles is 1. The number of fused-ring (bicyclic) bond motifs is 1. The summed E-state index contributed by atoms with van der Waals surface area (Å²) in [6, 6.07) is 1.86. The lowest BCUT2D eigenvalue weighted by Gasteiger charge is -2.17. The Kier molecular flexibility index (Phi) is 1.97. The fraction of sp³-hybridized carbons (Fsp3) is 0.700. The van der Waals surface area contributed by atoms with E-state index >= 15 is 0 Å². The average molecular weight is 209 g/mol. The molecule has 0 bridgehead atoms. The SMILES string of the molecule is COC(=O)C1C2CC(C#N)(C(=O)O)CC21. The summed E-state index contributed by atoms with van der Waals surface area (Å²) in [6.45, 7) is 0. The number of carboxylic acid groups (broad SMARTS) is 1. The summed E-state index contributed by atoms with van der Waals surface area (Å²) in [6.07, 6.45) is 0.562. The maximum absolute atomic E-state index is 11.2. The van der Waals surface area contributed by atoms with E-state index in [9.17, 15) is 9.59 Å². The number of aliphatic carboxylic acids is 1. The van der Waals surface area contributed by atoms with Crippen LogP contribution in [0.25, 0.3) is 0 Å². The van der Waals surface area contributed by atoms with Gasteiger partial charge in [0.1, 0.15) is 0 Å². The quantitative estimate of drug-likeness (QED) is 0.665. The second-order valence-corrected chi connectivity index (χ2v) is 4.28. The molecule has 2 aliphatic carbocycles. The average Bonchev–Trinajstić information content (AvgIpc) is 2.73. The fourth-order valence-corrected chi connectivity index (χ4v) is 2.69. The number of hydrogen-bond donors (Lipinski definition) is 1. The molecule has 2 fully saturated rings. The van der Waals surface area contributed by atoms with Gasteiger partial charge in [-0.2, -0.15) is 5.26 Å². The van der Waals surface area contributed by atoms with Gasteiger partial charge in [-0.15, -0.1) is 0 Å². The number of methoxy groups -OCH3 is 1. The third-order valence-electron chi connectivity index (χ3n) is 3.60. The third kappa shape index (κ3) is 1.21. The number of ether oxygens (including phenoxy) is 1. The van der Waals surface area contributed by atoms with Gasteiger partial charge in [-0.1, -0.05) is 0 Å². The summed E-state index contributed by atoms with van der Waals surface area (Å²) in [5.74, 6) is -1.44. The van der Waals surface area contributed by atoms with Crippen LogP contribution < -0.4 is 0 Å². The van der Waals surface area contributed by atoms with Gasteiger partial charge in [0.05, 0.1) is 19.1 Å². The number of carbonyl (C=O) groups excluding carboxylic acids is 1. The summed E-state index contributed by atoms with van der Waals surface area (Å²) in [7, 11) is 1.32. The van der Waals surface area contributed by atoms with Crippen LogP contribution in [0.15, 0.2) is 0 Å². The minimum atomic E-state index is -1.26. The molecule has 80 valence electrons. The van der Waals surface area contributed by atoms with Crippen molar-refractivity contribution in [1.29, 1.82) is 5.26 Å². The van der Waals surface area contributed by atoms with Gasteiger partial charge in [-0.05, 0) is 24.7 Å². The van der Waals surface area contributed by atoms with E-state index in [1.54, 1.807) is 0 Å². The molecule has 2 saturated carbocycles. The molecular formula is C10H11NO4. The van der Waals surface area contributed by atoms with Crippen LogP contribution in [-0.2, 0) is 14.3 Å². The van der Waals surface area contributed by atoms with E-state index in [1.165, 1.54) is 7.11 Å². The summed E-state index contributed by atoms with van der Waals surface area (Å²) in [5, 5.41) is 17.8. The van der Waals surface area contributed by atoms with Crippen LogP contribution in [0.4, 0.5) is 0 Å². The molecule has 0 aromatic heterocycles. The molecule has 5 heteroatoms. The number of nitrogens with zero attached hydrogens (tertiary/aromatic N) is 1. The van der Waals surface area contributed by atoms with Gasteiger partial charge in [0.2, 0.25) is 0 Å². The van der Waals surface area contributed by atoms with Gasteiger partial charge in [0.25, 0.3) is 0 Å². The Balaban J connectivity index is 2.07. The maximum Gasteiger partial charge on any atom is 0.324 e. The van der Waals surface area contributed by atoms with Crippen molar-refractivity contribution in [3.05, 3.63) is 0 Å². The Morgan fingerprint density at radius 2 is 2.00 bits per heavy atom. The van der Waals surface area contributed by atoms with Crippen molar-refractivity contribution >= 4 is 11.9 Å². The Labute approximate surface area is 86.6 Å². The topological polar surface area (TPSA) is 87.4 Å². The lowest BCUT2D eigenvalue weighted by atomic mass is 9.83. The largest absolute Gasteiger partial charge is 0.480 e. The first-order valence-electron chi connectivity index (χ1n) is 4.78. The third-order valence-corrected chi connectivity index (χ3v) is 3.60. The van der Waals surface area contributed by atoms with Gasteiger partial charge in [0.15, 0.2) is 5.41 Å². The van der Waals surface area contributed by atoms with Crippen molar-refractivity contribution in [2.75, 3.05) is 7.11 Å². The first-order valence-corrected chi connectivity index (χ1v) is 4.78. The highest BCUT2D eigenvalue weighted by molar-refractivity contribution is 5.82. The van der Waals surface area contributed by atoms with Gasteiger partial charge < -0.3 is 9.84 Å². The van der Waals surface area contributed by atoms with Crippen LogP contribution >= 0.6 is 0 Å². The molecule has 2 atom stereocenters. The van der Waals surface area contributed by atoms with Crippen LogP contribution in [0.2, 0.25) is 0 Å². The van der Waals surface area contributed by atoms with Gasteiger partial charge in [0, 0.05) is 0 Å². The first kappa shape index (κ1) is 9.97. The minimum Gasteiger partial charge on any atom is -0.480 e. The molecule has 0 radical (unpaired) electrons. The molecule has 0 aliphatic heterocycles. The van der Waals surface area contributed by atoms with E-state index in [0.29, 0.717) is 0 Å². The normalized spacial score (nSPS) is 41.5. The summed E-state index contributed by atoms with van der Waals surface area (Å²) in [4.78, 5) is 22.1. The smallest absolute Gasteiger partial charge is 0.324 e. The van der Waals surface area contributed by atoms with E-state index in [4.69, 9.17) is 10.4 Å². The molecule has 5 nitrogen and oxygen atoms in total. The Morgan fingerprint density at radius 3 is 2.33 bits per heavy atom. The first-order chi connectivity index (χ1) is 7.05. The zero-order chi connectivity index (χ0) is 11.2. The Hall–Kier alpha value is -1.57. The molecule has 2 unspecified atom stereocenters. The molecule has 0 heterocycles. The summed E-state index contributed by atoms with van der Waals surface area (Å²) < 4.78 is 4.60. The molecule has 15 heavy (non-hydrogen) atoms. The molecule has 0 amide bonds. The van der Waals surface area contributed by atoms with Gasteiger partial charge in [-0.3, -0.25) is 9.59 Å². The molecule has 1 N–H and O–H groups in total. The van der Waals surface area contributed by atoms with Crippen LogP contribution in [0.1, 0.15) is 12.8 Å². The highest BCUT2D eigenvalue weighted by atomic mass is 16.5. The Morgan fingerprint density at radius 1 is 1.47 bits per heavy atom. The number of hydrogen-bond acceptors (Lipinski definition) is 4. The van der Waals surface area contributed by atoms with E-state index in [-0.39, 0.29) is 36.6 Å². The number of rotatable bonds is 2. The van der Waals surface area contributed by atoms with Crippen molar-refractivity contribution in [2.24, 2.45) is 23.2 Å². The van der Waals surface area contributed by atoms with Crippen molar-refractivity contribution in [3.63, 3.8) is 0 Å². The molecular weight excluding hydrogens is 198 g/mol. The minimum absolute atomic E-state index is 0.0354. The van der Waals surface area contributed by atoms with Crippen molar-refractivity contribution < 1.29 is 19.4 Å². The summed E-state index contributed by atoms with van der Waals surface area (Å²) in [5.41, 5.74) is -1.26. The van der Waals surface area contributed by atoms with E-state index in [0.717, 1.165) is 0 Å². The summed E-state index contributed by atoms with van der Waals surface area (Å²) >= 11 is 0. The van der Waals surface area contributed by atoms with Crippen molar-refractivity contribution in [3.8, 4) is 6.07 Å². The number of carboxylic acids is 1. The zero-order valence-electron chi connectivity index (χ0n) is 8.27. The Bertz CT molecular complexity index is 358. The predicted octanol–water partition coefficient (Wildman–Crippen LogP) is 0.410. The van der Waals surface area contributed by atoms with Gasteiger partial charge >= 0.3 is 11.9 Å². The lowest BCUT2D eigenvalue weighted by Crippen LogP contribution is -2.29. The lowest BCUT2D eigenvalue weighted by molar-refractivity contribution is -0.148. The van der Waals surface area contributed by atoms with Crippen LogP contribution in [-0.4, -0.2) is 24.2 Å². The van der Waals surface area contributed by atoms with Gasteiger partial charge in [-0.25, -0.2) is 0 Å². The molecule has 2 aliphatic rings.